The molecule has 1 aromatic heterocycles. The van der Waals surface area contributed by atoms with E-state index in [1.54, 1.807) is 13.8 Å². The maximum Gasteiger partial charge on any atom is 0.329 e. The molecule has 1 atom stereocenters. The molecule has 2 N–H and O–H groups in total. The number of nitrogens with one attached hydrogen (secondary N) is 2. The van der Waals surface area contributed by atoms with Gasteiger partial charge in [-0.2, -0.15) is 11.8 Å². The Morgan fingerprint density at radius 2 is 1.88 bits per heavy atom. The Kier molecular flexibility index (Phi) is 9.36. The van der Waals surface area contributed by atoms with Crippen molar-refractivity contribution in [3.05, 3.63) is 56.3 Å². The van der Waals surface area contributed by atoms with Crippen molar-refractivity contribution in [2.24, 2.45) is 0 Å². The fraction of sp³-hybridized carbons (Fsp3) is 0.364. The van der Waals surface area contributed by atoms with Gasteiger partial charge in [-0.3, -0.25) is 14.4 Å². The van der Waals surface area contributed by atoms with Gasteiger partial charge < -0.3 is 15.0 Å². The van der Waals surface area contributed by atoms with Crippen LogP contribution in [0.2, 0.25) is 10.0 Å². The Morgan fingerprint density at radius 1 is 1.19 bits per heavy atom. The third-order valence-corrected chi connectivity index (χ3v) is 5.98. The molecule has 2 rings (SSSR count). The molecule has 10 heteroatoms. The Balaban J connectivity index is 2.09. The van der Waals surface area contributed by atoms with Crippen LogP contribution < -0.4 is 5.32 Å². The molecular formula is C22H24Cl2N2O5S. The van der Waals surface area contributed by atoms with Crippen LogP contribution in [0.25, 0.3) is 0 Å². The topological polar surface area (TPSA) is 105 Å². The Labute approximate surface area is 200 Å². The number of rotatable bonds is 10. The molecule has 0 bridgehead atoms. The Morgan fingerprint density at radius 3 is 2.44 bits per heavy atom. The number of carbonyl (C=O) groups is 4. The number of halogens is 2. The molecule has 0 spiro atoms. The molecule has 0 saturated carbocycles. The maximum atomic E-state index is 12.6. The minimum absolute atomic E-state index is 0.154. The van der Waals surface area contributed by atoms with Crippen molar-refractivity contribution in [3.63, 3.8) is 0 Å². The predicted molar refractivity (Wildman–Crippen MR) is 126 cm³/mol. The van der Waals surface area contributed by atoms with E-state index in [0.29, 0.717) is 34.0 Å². The van der Waals surface area contributed by atoms with Crippen molar-refractivity contribution in [3.8, 4) is 0 Å². The lowest BCUT2D eigenvalue weighted by molar-refractivity contribution is -0.144. The van der Waals surface area contributed by atoms with Crippen LogP contribution in [0.5, 0.6) is 0 Å². The maximum absolute atomic E-state index is 12.6. The van der Waals surface area contributed by atoms with Crippen LogP contribution in [0.15, 0.2) is 18.2 Å². The minimum Gasteiger partial charge on any atom is -0.456 e. The highest BCUT2D eigenvalue weighted by Crippen LogP contribution is 2.22. The fourth-order valence-corrected chi connectivity index (χ4v) is 4.23. The average molecular weight is 499 g/mol. The van der Waals surface area contributed by atoms with Gasteiger partial charge in [0.2, 0.25) is 5.78 Å². The summed E-state index contributed by atoms with van der Waals surface area (Å²) in [7, 11) is 0. The molecule has 32 heavy (non-hydrogen) atoms. The number of carbonyl (C=O) groups excluding carboxylic acids is 4. The average Bonchev–Trinajstić information content (AvgIpc) is 3.02. The van der Waals surface area contributed by atoms with E-state index in [4.69, 9.17) is 27.9 Å². The summed E-state index contributed by atoms with van der Waals surface area (Å²) in [6.07, 6.45) is 2.17. The van der Waals surface area contributed by atoms with Crippen molar-refractivity contribution < 1.29 is 23.9 Å². The van der Waals surface area contributed by atoms with Crippen molar-refractivity contribution >= 4 is 58.4 Å². The number of ether oxygens (including phenoxy) is 1. The monoisotopic (exact) mass is 498 g/mol. The number of ketones is 2. The highest BCUT2D eigenvalue weighted by Gasteiger charge is 2.26. The molecule has 7 nitrogen and oxygen atoms in total. The minimum atomic E-state index is -0.964. The molecule has 0 aliphatic carbocycles. The lowest BCUT2D eigenvalue weighted by Crippen LogP contribution is -2.42. The SMILES string of the molecule is CSCCC(NC(=O)c1ccc(Cl)cc1Cl)C(=O)OCC(=O)c1[nH]c(C)c(C(C)=O)c1C. The zero-order valence-electron chi connectivity index (χ0n) is 18.1. The van der Waals surface area contributed by atoms with E-state index in [0.717, 1.165) is 0 Å². The summed E-state index contributed by atoms with van der Waals surface area (Å²) >= 11 is 13.4. The van der Waals surface area contributed by atoms with Crippen LogP contribution in [-0.4, -0.2) is 53.1 Å². The van der Waals surface area contributed by atoms with E-state index in [-0.39, 0.29) is 22.1 Å². The Bertz CT molecular complexity index is 1050. The first kappa shape index (κ1) is 26.0. The summed E-state index contributed by atoms with van der Waals surface area (Å²) in [5, 5.41) is 3.15. The quantitative estimate of drug-likeness (QED) is 0.371. The molecule has 0 radical (unpaired) electrons. The van der Waals surface area contributed by atoms with Gasteiger partial charge in [-0.25, -0.2) is 4.79 Å². The zero-order valence-corrected chi connectivity index (χ0v) is 20.5. The van der Waals surface area contributed by atoms with E-state index in [9.17, 15) is 19.2 Å². The zero-order chi connectivity index (χ0) is 24.0. The fourth-order valence-electron chi connectivity index (χ4n) is 3.26. The molecule has 172 valence electrons. The molecule has 1 amide bonds. The molecule has 2 aromatic rings. The first-order valence-corrected chi connectivity index (χ1v) is 11.9. The van der Waals surface area contributed by atoms with Gasteiger partial charge in [0.05, 0.1) is 16.3 Å². The third-order valence-electron chi connectivity index (χ3n) is 4.79. The largest absolute Gasteiger partial charge is 0.456 e. The van der Waals surface area contributed by atoms with E-state index in [2.05, 4.69) is 10.3 Å². The first-order chi connectivity index (χ1) is 15.1. The number of esters is 1. The lowest BCUT2D eigenvalue weighted by atomic mass is 10.1. The lowest BCUT2D eigenvalue weighted by Gasteiger charge is -2.17. The molecule has 0 fully saturated rings. The summed E-state index contributed by atoms with van der Waals surface area (Å²) in [5.74, 6) is -1.34. The number of benzene rings is 1. The second-order valence-electron chi connectivity index (χ2n) is 7.14. The predicted octanol–water partition coefficient (Wildman–Crippen LogP) is 4.42. The number of aromatic nitrogens is 1. The highest BCUT2D eigenvalue weighted by molar-refractivity contribution is 7.98. The number of aryl methyl sites for hydroxylation is 1. The smallest absolute Gasteiger partial charge is 0.329 e. The molecule has 1 heterocycles. The Hall–Kier alpha value is -2.29. The molecule has 1 aromatic carbocycles. The number of thioether (sulfide) groups is 1. The van der Waals surface area contributed by atoms with Gasteiger partial charge >= 0.3 is 5.97 Å². The van der Waals surface area contributed by atoms with Crippen LogP contribution in [0.4, 0.5) is 0 Å². The number of Topliss-reactive ketones (excluding diaryl/α,β-unsaturated/α-hetero) is 2. The van der Waals surface area contributed by atoms with Crippen molar-refractivity contribution in [1.82, 2.24) is 10.3 Å². The van der Waals surface area contributed by atoms with Crippen molar-refractivity contribution in [1.29, 1.82) is 0 Å². The third kappa shape index (κ3) is 6.37. The highest BCUT2D eigenvalue weighted by atomic mass is 35.5. The summed E-state index contributed by atoms with van der Waals surface area (Å²) in [5.41, 5.74) is 1.93. The molecule has 1 unspecified atom stereocenters. The number of H-pyrrole nitrogens is 1. The molecule has 0 aliphatic rings. The van der Waals surface area contributed by atoms with Gasteiger partial charge in [-0.05, 0) is 63.0 Å². The van der Waals surface area contributed by atoms with Crippen LogP contribution in [0, 0.1) is 13.8 Å². The molecular weight excluding hydrogens is 475 g/mol. The van der Waals surface area contributed by atoms with Gasteiger partial charge in [-0.1, -0.05) is 23.2 Å². The second-order valence-corrected chi connectivity index (χ2v) is 8.97. The standard InChI is InChI=1S/C22H24Cl2N2O5S/c1-11-19(13(3)27)12(2)25-20(11)18(28)10-31-22(30)17(7-8-32-4)26-21(29)15-6-5-14(23)9-16(15)24/h5-6,9,17,25H,7-8,10H2,1-4H3,(H,26,29). The van der Waals surface area contributed by atoms with E-state index in [1.807, 2.05) is 6.26 Å². The van der Waals surface area contributed by atoms with E-state index >= 15 is 0 Å². The summed E-state index contributed by atoms with van der Waals surface area (Å²) in [6, 6.07) is 3.45. The van der Waals surface area contributed by atoms with Crippen molar-refractivity contribution in [2.75, 3.05) is 18.6 Å². The number of amides is 1. The summed E-state index contributed by atoms with van der Waals surface area (Å²) in [4.78, 5) is 52.5. The number of aromatic amines is 1. The second kappa shape index (κ2) is 11.5. The molecule has 0 saturated heterocycles. The van der Waals surface area contributed by atoms with E-state index in [1.165, 1.54) is 36.9 Å². The normalized spacial score (nSPS) is 11.7. The van der Waals surface area contributed by atoms with Gasteiger partial charge in [0.1, 0.15) is 6.04 Å². The molecule has 0 aliphatic heterocycles. The van der Waals surface area contributed by atoms with Crippen molar-refractivity contribution in [2.45, 2.75) is 33.2 Å². The van der Waals surface area contributed by atoms with Gasteiger partial charge in [0.15, 0.2) is 12.4 Å². The van der Waals surface area contributed by atoms with Crippen LogP contribution >= 0.6 is 35.0 Å². The van der Waals surface area contributed by atoms with Gasteiger partial charge in [-0.15, -0.1) is 0 Å². The van der Waals surface area contributed by atoms with E-state index < -0.39 is 30.3 Å². The number of hydrogen-bond donors (Lipinski definition) is 2. The van der Waals surface area contributed by atoms with Crippen LogP contribution in [0.3, 0.4) is 0 Å². The van der Waals surface area contributed by atoms with Gasteiger partial charge in [0.25, 0.3) is 5.91 Å². The summed E-state index contributed by atoms with van der Waals surface area (Å²) in [6.45, 7) is 4.25. The number of hydrogen-bond acceptors (Lipinski definition) is 6. The summed E-state index contributed by atoms with van der Waals surface area (Å²) < 4.78 is 5.20. The van der Waals surface area contributed by atoms with Gasteiger partial charge in [0, 0.05) is 16.3 Å². The van der Waals surface area contributed by atoms with Crippen LogP contribution in [-0.2, 0) is 9.53 Å². The first-order valence-electron chi connectivity index (χ1n) is 9.71. The van der Waals surface area contributed by atoms with Crippen LogP contribution in [0.1, 0.15) is 55.8 Å².